The molecule has 3 aromatic carbocycles. The lowest BCUT2D eigenvalue weighted by Crippen LogP contribution is -2.25. The maximum absolute atomic E-state index is 12.5. The van der Waals surface area contributed by atoms with Gasteiger partial charge in [-0.2, -0.15) is 0 Å². The van der Waals surface area contributed by atoms with Gasteiger partial charge in [-0.3, -0.25) is 4.79 Å². The van der Waals surface area contributed by atoms with Gasteiger partial charge < -0.3 is 14.6 Å². The van der Waals surface area contributed by atoms with Crippen molar-refractivity contribution < 1.29 is 9.53 Å². The van der Waals surface area contributed by atoms with Gasteiger partial charge in [0.2, 0.25) is 0 Å². The molecular formula is C26H26BrN3O2. The van der Waals surface area contributed by atoms with Crippen molar-refractivity contribution in [1.82, 2.24) is 14.9 Å². The fourth-order valence-corrected chi connectivity index (χ4v) is 3.92. The first-order valence-corrected chi connectivity index (χ1v) is 11.5. The maximum atomic E-state index is 12.5. The van der Waals surface area contributed by atoms with Crippen molar-refractivity contribution in [3.63, 3.8) is 0 Å². The Morgan fingerprint density at radius 1 is 1.03 bits per heavy atom. The van der Waals surface area contributed by atoms with Crippen molar-refractivity contribution in [1.29, 1.82) is 0 Å². The number of benzene rings is 3. The van der Waals surface area contributed by atoms with E-state index >= 15 is 0 Å². The number of hydrogen-bond acceptors (Lipinski definition) is 3. The number of imidazole rings is 1. The van der Waals surface area contributed by atoms with Gasteiger partial charge in [0.1, 0.15) is 11.6 Å². The van der Waals surface area contributed by atoms with Crippen molar-refractivity contribution in [2.45, 2.75) is 33.4 Å². The van der Waals surface area contributed by atoms with Gasteiger partial charge in [0.15, 0.2) is 0 Å². The SMILES string of the molecule is Cc1cccc(OCCCn2c(CNC(=O)c3ccc(Br)cc3)nc3ccccc32)c1C. The number of nitrogens with zero attached hydrogens (tertiary/aromatic N) is 2. The smallest absolute Gasteiger partial charge is 0.251 e. The molecule has 4 aromatic rings. The summed E-state index contributed by atoms with van der Waals surface area (Å²) < 4.78 is 9.14. The highest BCUT2D eigenvalue weighted by Gasteiger charge is 2.13. The lowest BCUT2D eigenvalue weighted by atomic mass is 10.1. The van der Waals surface area contributed by atoms with Crippen LogP contribution in [0.3, 0.4) is 0 Å². The highest BCUT2D eigenvalue weighted by molar-refractivity contribution is 9.10. The minimum atomic E-state index is -0.116. The predicted molar refractivity (Wildman–Crippen MR) is 131 cm³/mol. The summed E-state index contributed by atoms with van der Waals surface area (Å²) in [5.74, 6) is 1.65. The van der Waals surface area contributed by atoms with Crippen LogP contribution in [-0.4, -0.2) is 22.1 Å². The Morgan fingerprint density at radius 2 is 1.81 bits per heavy atom. The summed E-state index contributed by atoms with van der Waals surface area (Å²) >= 11 is 3.40. The first kappa shape index (κ1) is 22.1. The van der Waals surface area contributed by atoms with E-state index in [0.29, 0.717) is 18.7 Å². The number of aromatic nitrogens is 2. The van der Waals surface area contributed by atoms with Gasteiger partial charge in [0, 0.05) is 16.6 Å². The molecule has 0 saturated heterocycles. The minimum absolute atomic E-state index is 0.116. The molecule has 1 aromatic heterocycles. The van der Waals surface area contributed by atoms with Gasteiger partial charge in [-0.25, -0.2) is 4.98 Å². The van der Waals surface area contributed by atoms with Crippen LogP contribution in [0.15, 0.2) is 71.2 Å². The molecule has 0 unspecified atom stereocenters. The molecule has 1 N–H and O–H groups in total. The van der Waals surface area contributed by atoms with Crippen LogP contribution in [0.25, 0.3) is 11.0 Å². The molecule has 6 heteroatoms. The van der Waals surface area contributed by atoms with Crippen molar-refractivity contribution in [3.05, 3.63) is 93.7 Å². The van der Waals surface area contributed by atoms with Gasteiger partial charge in [-0.05, 0) is 73.9 Å². The van der Waals surface area contributed by atoms with Crippen molar-refractivity contribution in [3.8, 4) is 5.75 Å². The Balaban J connectivity index is 1.43. The standard InChI is InChI=1S/C26H26BrN3O2/c1-18-7-5-10-24(19(18)2)32-16-6-15-30-23-9-4-3-8-22(23)29-25(30)17-28-26(31)20-11-13-21(27)14-12-20/h3-5,7-14H,6,15-17H2,1-2H3,(H,28,31). The van der Waals surface area contributed by atoms with E-state index in [4.69, 9.17) is 9.72 Å². The van der Waals surface area contributed by atoms with E-state index in [1.54, 1.807) is 12.1 Å². The minimum Gasteiger partial charge on any atom is -0.493 e. The third kappa shape index (κ3) is 5.02. The largest absolute Gasteiger partial charge is 0.493 e. The zero-order valence-electron chi connectivity index (χ0n) is 18.3. The zero-order valence-corrected chi connectivity index (χ0v) is 19.9. The molecule has 4 rings (SSSR count). The van der Waals surface area contributed by atoms with Gasteiger partial charge in [-0.1, -0.05) is 40.2 Å². The summed E-state index contributed by atoms with van der Waals surface area (Å²) in [6, 6.07) is 21.5. The maximum Gasteiger partial charge on any atom is 0.251 e. The third-order valence-electron chi connectivity index (χ3n) is 5.59. The van der Waals surface area contributed by atoms with E-state index in [2.05, 4.69) is 51.8 Å². The molecule has 0 aliphatic carbocycles. The first-order valence-electron chi connectivity index (χ1n) is 10.7. The Morgan fingerprint density at radius 3 is 2.62 bits per heavy atom. The lowest BCUT2D eigenvalue weighted by Gasteiger charge is -2.13. The summed E-state index contributed by atoms with van der Waals surface area (Å²) in [6.45, 7) is 5.91. The number of para-hydroxylation sites is 2. The van der Waals surface area contributed by atoms with Crippen LogP contribution in [0.1, 0.15) is 33.7 Å². The lowest BCUT2D eigenvalue weighted by molar-refractivity contribution is 0.0949. The molecule has 0 fully saturated rings. The average Bonchev–Trinajstić information content (AvgIpc) is 3.15. The van der Waals surface area contributed by atoms with E-state index < -0.39 is 0 Å². The molecule has 0 radical (unpaired) electrons. The Kier molecular flexibility index (Phi) is 6.90. The van der Waals surface area contributed by atoms with Crippen LogP contribution >= 0.6 is 15.9 Å². The van der Waals surface area contributed by atoms with Crippen molar-refractivity contribution in [2.75, 3.05) is 6.61 Å². The predicted octanol–water partition coefficient (Wildman–Crippen LogP) is 5.81. The van der Waals surface area contributed by atoms with Crippen LogP contribution in [0.5, 0.6) is 5.75 Å². The number of fused-ring (bicyclic) bond motifs is 1. The number of halogens is 1. The molecule has 0 atom stereocenters. The van der Waals surface area contributed by atoms with Crippen LogP contribution in [0.2, 0.25) is 0 Å². The molecule has 0 spiro atoms. The summed E-state index contributed by atoms with van der Waals surface area (Å²) in [5, 5.41) is 3.00. The second kappa shape index (κ2) is 10.0. The summed E-state index contributed by atoms with van der Waals surface area (Å²) in [4.78, 5) is 17.3. The number of ether oxygens (including phenoxy) is 1. The monoisotopic (exact) mass is 491 g/mol. The number of aryl methyl sites for hydroxylation is 2. The zero-order chi connectivity index (χ0) is 22.5. The first-order chi connectivity index (χ1) is 15.5. The number of amides is 1. The fourth-order valence-electron chi connectivity index (χ4n) is 3.66. The van der Waals surface area contributed by atoms with E-state index in [1.807, 2.05) is 42.5 Å². The van der Waals surface area contributed by atoms with E-state index in [9.17, 15) is 4.79 Å². The van der Waals surface area contributed by atoms with Crippen LogP contribution in [-0.2, 0) is 13.1 Å². The van der Waals surface area contributed by atoms with Gasteiger partial charge in [0.05, 0.1) is 24.2 Å². The number of carbonyl (C=O) groups is 1. The molecule has 0 aliphatic rings. The Bertz CT molecular complexity index is 1230. The van der Waals surface area contributed by atoms with E-state index in [0.717, 1.165) is 40.0 Å². The fraction of sp³-hybridized carbons (Fsp3) is 0.231. The highest BCUT2D eigenvalue weighted by atomic mass is 79.9. The molecule has 0 saturated carbocycles. The molecule has 0 bridgehead atoms. The summed E-state index contributed by atoms with van der Waals surface area (Å²) in [7, 11) is 0. The van der Waals surface area contributed by atoms with Gasteiger partial charge in [-0.15, -0.1) is 0 Å². The summed E-state index contributed by atoms with van der Waals surface area (Å²) in [5.41, 5.74) is 5.02. The molecule has 0 aliphatic heterocycles. The van der Waals surface area contributed by atoms with Crippen molar-refractivity contribution in [2.24, 2.45) is 0 Å². The topological polar surface area (TPSA) is 56.1 Å². The van der Waals surface area contributed by atoms with E-state index in [1.165, 1.54) is 11.1 Å². The Labute approximate surface area is 196 Å². The second-order valence-electron chi connectivity index (χ2n) is 7.76. The van der Waals surface area contributed by atoms with Crippen LogP contribution in [0, 0.1) is 13.8 Å². The average molecular weight is 492 g/mol. The number of rotatable bonds is 8. The molecule has 1 heterocycles. The number of nitrogens with one attached hydrogen (secondary N) is 1. The molecular weight excluding hydrogens is 466 g/mol. The molecule has 164 valence electrons. The normalized spacial score (nSPS) is 11.0. The second-order valence-corrected chi connectivity index (χ2v) is 8.67. The van der Waals surface area contributed by atoms with Gasteiger partial charge >= 0.3 is 0 Å². The Hall–Kier alpha value is -3.12. The molecule has 5 nitrogen and oxygen atoms in total. The number of carbonyl (C=O) groups excluding carboxylic acids is 1. The quantitative estimate of drug-likeness (QED) is 0.316. The van der Waals surface area contributed by atoms with E-state index in [-0.39, 0.29) is 5.91 Å². The highest BCUT2D eigenvalue weighted by Crippen LogP contribution is 2.21. The molecule has 1 amide bonds. The molecule has 32 heavy (non-hydrogen) atoms. The van der Waals surface area contributed by atoms with Gasteiger partial charge in [0.25, 0.3) is 5.91 Å². The summed E-state index contributed by atoms with van der Waals surface area (Å²) in [6.07, 6.45) is 0.835. The van der Waals surface area contributed by atoms with Crippen LogP contribution in [0.4, 0.5) is 0 Å². The number of hydrogen-bond donors (Lipinski definition) is 1. The third-order valence-corrected chi connectivity index (χ3v) is 6.11. The van der Waals surface area contributed by atoms with Crippen LogP contribution < -0.4 is 10.1 Å². The van der Waals surface area contributed by atoms with Crippen molar-refractivity contribution >= 4 is 32.9 Å².